The van der Waals surface area contributed by atoms with Crippen LogP contribution in [0.5, 0.6) is 0 Å². The summed E-state index contributed by atoms with van der Waals surface area (Å²) in [7, 11) is 1.49. The summed E-state index contributed by atoms with van der Waals surface area (Å²) in [6, 6.07) is 0. The minimum atomic E-state index is -0.890. The summed E-state index contributed by atoms with van der Waals surface area (Å²) >= 11 is 0. The molecule has 0 saturated heterocycles. The van der Waals surface area contributed by atoms with E-state index in [9.17, 15) is 9.59 Å². The molecule has 0 aliphatic carbocycles. The molecule has 0 fully saturated rings. The van der Waals surface area contributed by atoms with Crippen molar-refractivity contribution in [1.29, 1.82) is 0 Å². The highest BCUT2D eigenvalue weighted by molar-refractivity contribution is 6.34. The third-order valence-electron chi connectivity index (χ3n) is 1.52. The van der Waals surface area contributed by atoms with Crippen molar-refractivity contribution < 1.29 is 19.1 Å². The SMILES string of the molecule is BC(C(=O)OC(C)(C)C)C(=O)OC(C)(C)C. The summed E-state index contributed by atoms with van der Waals surface area (Å²) in [6.45, 7) is 10.5. The smallest absolute Gasteiger partial charge is 0.312 e. The molecule has 0 N–H and O–H groups in total. The maximum atomic E-state index is 11.6. The van der Waals surface area contributed by atoms with Crippen LogP contribution < -0.4 is 0 Å². The Morgan fingerprint density at radius 1 is 0.875 bits per heavy atom. The molecule has 16 heavy (non-hydrogen) atoms. The molecule has 0 aromatic carbocycles. The van der Waals surface area contributed by atoms with Crippen LogP contribution in [0.1, 0.15) is 41.5 Å². The second-order valence-corrected chi connectivity index (χ2v) is 5.79. The van der Waals surface area contributed by atoms with Gasteiger partial charge in [-0.3, -0.25) is 9.59 Å². The van der Waals surface area contributed by atoms with Crippen molar-refractivity contribution in [3.05, 3.63) is 0 Å². The monoisotopic (exact) mass is 228 g/mol. The van der Waals surface area contributed by atoms with Crippen LogP contribution in [0.25, 0.3) is 0 Å². The lowest BCUT2D eigenvalue weighted by atomic mass is 9.87. The molecular weight excluding hydrogens is 207 g/mol. The highest BCUT2D eigenvalue weighted by Crippen LogP contribution is 2.17. The number of ether oxygens (including phenoxy) is 2. The summed E-state index contributed by atoms with van der Waals surface area (Å²) in [4.78, 5) is 23.1. The van der Waals surface area contributed by atoms with Gasteiger partial charge in [0.05, 0.1) is 0 Å². The molecule has 0 amide bonds. The van der Waals surface area contributed by atoms with E-state index in [0.717, 1.165) is 0 Å². The van der Waals surface area contributed by atoms with Gasteiger partial charge in [0.2, 0.25) is 0 Å². The van der Waals surface area contributed by atoms with Crippen LogP contribution in [-0.4, -0.2) is 31.0 Å². The molecule has 0 aromatic heterocycles. The molecule has 0 heterocycles. The lowest BCUT2D eigenvalue weighted by Gasteiger charge is -2.24. The van der Waals surface area contributed by atoms with Crippen LogP contribution in [0, 0.1) is 0 Å². The Kier molecular flexibility index (Phi) is 4.59. The first-order valence-corrected chi connectivity index (χ1v) is 5.38. The Balaban J connectivity index is 4.40. The minimum Gasteiger partial charge on any atom is -0.460 e. The Bertz CT molecular complexity index is 245. The molecule has 0 atom stereocenters. The van der Waals surface area contributed by atoms with E-state index in [1.807, 2.05) is 0 Å². The van der Waals surface area contributed by atoms with Crippen molar-refractivity contribution in [2.24, 2.45) is 0 Å². The van der Waals surface area contributed by atoms with Gasteiger partial charge in [-0.05, 0) is 41.5 Å². The Morgan fingerprint density at radius 2 is 1.12 bits per heavy atom. The molecule has 0 unspecified atom stereocenters. The van der Waals surface area contributed by atoms with Gasteiger partial charge < -0.3 is 9.47 Å². The summed E-state index contributed by atoms with van der Waals surface area (Å²) < 4.78 is 10.2. The van der Waals surface area contributed by atoms with E-state index >= 15 is 0 Å². The van der Waals surface area contributed by atoms with Gasteiger partial charge in [-0.1, -0.05) is 0 Å². The zero-order valence-corrected chi connectivity index (χ0v) is 11.2. The zero-order valence-electron chi connectivity index (χ0n) is 11.2. The quantitative estimate of drug-likeness (QED) is 0.403. The van der Waals surface area contributed by atoms with Crippen LogP contribution >= 0.6 is 0 Å². The van der Waals surface area contributed by atoms with Crippen molar-refractivity contribution in [3.8, 4) is 0 Å². The predicted octanol–water partition coefficient (Wildman–Crippen LogP) is 1.09. The molecule has 0 aliphatic rings. The predicted molar refractivity (Wildman–Crippen MR) is 64.0 cm³/mol. The average Bonchev–Trinajstić information content (AvgIpc) is 1.96. The molecule has 0 aromatic rings. The van der Waals surface area contributed by atoms with Gasteiger partial charge in [0.15, 0.2) is 0 Å². The Hall–Kier alpha value is -0.995. The molecule has 0 bridgehead atoms. The van der Waals surface area contributed by atoms with Gasteiger partial charge in [0.1, 0.15) is 24.9 Å². The molecule has 0 saturated carbocycles. The second-order valence-electron chi connectivity index (χ2n) is 5.79. The summed E-state index contributed by atoms with van der Waals surface area (Å²) in [6.07, 6.45) is 0. The van der Waals surface area contributed by atoms with Crippen molar-refractivity contribution in [2.45, 2.75) is 58.6 Å². The molecule has 5 heteroatoms. The van der Waals surface area contributed by atoms with Gasteiger partial charge in [-0.25, -0.2) is 0 Å². The van der Waals surface area contributed by atoms with E-state index in [1.165, 1.54) is 7.85 Å². The molecule has 92 valence electrons. The van der Waals surface area contributed by atoms with Gasteiger partial charge in [0.25, 0.3) is 0 Å². The van der Waals surface area contributed by atoms with Gasteiger partial charge in [-0.2, -0.15) is 0 Å². The number of hydrogen-bond donors (Lipinski definition) is 0. The molecule has 0 aliphatic heterocycles. The van der Waals surface area contributed by atoms with E-state index < -0.39 is 29.0 Å². The number of carbonyl (C=O) groups excluding carboxylic acids is 2. The molecule has 0 radical (unpaired) electrons. The first kappa shape index (κ1) is 15.0. The van der Waals surface area contributed by atoms with Crippen LogP contribution in [0.3, 0.4) is 0 Å². The normalized spacial score (nSPS) is 12.4. The van der Waals surface area contributed by atoms with Crippen molar-refractivity contribution in [2.75, 3.05) is 0 Å². The average molecular weight is 228 g/mol. The topological polar surface area (TPSA) is 52.6 Å². The van der Waals surface area contributed by atoms with Crippen molar-refractivity contribution in [3.63, 3.8) is 0 Å². The largest absolute Gasteiger partial charge is 0.460 e. The molecule has 4 nitrogen and oxygen atoms in total. The van der Waals surface area contributed by atoms with Gasteiger partial charge in [0, 0.05) is 0 Å². The number of esters is 2. The number of hydrogen-bond acceptors (Lipinski definition) is 4. The standard InChI is InChI=1S/C11H21BO4/c1-10(2,3)15-8(13)7(12)9(14)16-11(4,5)6/h7H,12H2,1-6H3. The first-order valence-electron chi connectivity index (χ1n) is 5.38. The molecule has 0 spiro atoms. The summed E-state index contributed by atoms with van der Waals surface area (Å²) in [5.74, 6) is -2.00. The van der Waals surface area contributed by atoms with Crippen molar-refractivity contribution in [1.82, 2.24) is 0 Å². The molecular formula is C11H21BO4. The van der Waals surface area contributed by atoms with E-state index in [1.54, 1.807) is 41.5 Å². The van der Waals surface area contributed by atoms with Crippen LogP contribution in [0.15, 0.2) is 0 Å². The maximum Gasteiger partial charge on any atom is 0.312 e. The van der Waals surface area contributed by atoms with Crippen molar-refractivity contribution >= 4 is 19.8 Å². The molecule has 0 rings (SSSR count). The number of rotatable bonds is 2. The fourth-order valence-electron chi connectivity index (χ4n) is 0.877. The highest BCUT2D eigenvalue weighted by Gasteiger charge is 2.30. The lowest BCUT2D eigenvalue weighted by molar-refractivity contribution is -0.166. The lowest BCUT2D eigenvalue weighted by Crippen LogP contribution is -2.33. The van der Waals surface area contributed by atoms with Gasteiger partial charge >= 0.3 is 11.9 Å². The Morgan fingerprint density at radius 3 is 1.31 bits per heavy atom. The fraction of sp³-hybridized carbons (Fsp3) is 0.818. The van der Waals surface area contributed by atoms with Gasteiger partial charge in [-0.15, -0.1) is 0 Å². The van der Waals surface area contributed by atoms with E-state index in [0.29, 0.717) is 0 Å². The van der Waals surface area contributed by atoms with Crippen LogP contribution in [0.4, 0.5) is 0 Å². The minimum absolute atomic E-state index is 0.554. The van der Waals surface area contributed by atoms with E-state index in [-0.39, 0.29) is 0 Å². The third kappa shape index (κ3) is 6.48. The van der Waals surface area contributed by atoms with E-state index in [4.69, 9.17) is 9.47 Å². The first-order chi connectivity index (χ1) is 6.92. The van der Waals surface area contributed by atoms with Crippen LogP contribution in [0.2, 0.25) is 5.82 Å². The number of carbonyl (C=O) groups is 2. The zero-order chi connectivity index (χ0) is 13.1. The van der Waals surface area contributed by atoms with Crippen LogP contribution in [-0.2, 0) is 19.1 Å². The summed E-state index contributed by atoms with van der Waals surface area (Å²) in [5.41, 5.74) is -1.18. The Labute approximate surface area is 98.1 Å². The highest BCUT2D eigenvalue weighted by atomic mass is 16.6. The maximum absolute atomic E-state index is 11.6. The summed E-state index contributed by atoms with van der Waals surface area (Å²) in [5, 5.41) is 0. The fourth-order valence-corrected chi connectivity index (χ4v) is 0.877. The second kappa shape index (κ2) is 4.89. The van der Waals surface area contributed by atoms with E-state index in [2.05, 4.69) is 0 Å². The third-order valence-corrected chi connectivity index (χ3v) is 1.52.